The summed E-state index contributed by atoms with van der Waals surface area (Å²) in [6.45, 7) is 4.13. The summed E-state index contributed by atoms with van der Waals surface area (Å²) in [5, 5.41) is 3.44. The zero-order valence-electron chi connectivity index (χ0n) is 10.6. The zero-order valence-corrected chi connectivity index (χ0v) is 12.2. The molecule has 0 bridgehead atoms. The van der Waals surface area contributed by atoms with Gasteiger partial charge in [-0.25, -0.2) is 4.39 Å². The average molecular weight is 303 g/mol. The van der Waals surface area contributed by atoms with Gasteiger partial charge in [0, 0.05) is 10.5 Å². The van der Waals surface area contributed by atoms with Gasteiger partial charge in [0.1, 0.15) is 5.82 Å². The number of rotatable bonds is 6. The lowest BCUT2D eigenvalue weighted by Gasteiger charge is -2.17. The molecule has 2 nitrogen and oxygen atoms in total. The van der Waals surface area contributed by atoms with E-state index < -0.39 is 0 Å². The van der Waals surface area contributed by atoms with Crippen molar-refractivity contribution < 1.29 is 4.39 Å². The maximum absolute atomic E-state index is 13.0. The molecule has 1 rings (SSSR count). The average Bonchev–Trinajstić information content (AvgIpc) is 2.23. The quantitative estimate of drug-likeness (QED) is 0.812. The van der Waals surface area contributed by atoms with Crippen LogP contribution in [0, 0.1) is 5.82 Å². The van der Waals surface area contributed by atoms with Gasteiger partial charge < -0.3 is 10.2 Å². The van der Waals surface area contributed by atoms with Crippen LogP contribution in [0.2, 0.25) is 0 Å². The fourth-order valence-corrected chi connectivity index (χ4v) is 2.37. The lowest BCUT2D eigenvalue weighted by atomic mass is 10.1. The molecule has 4 heteroatoms. The Labute approximate surface area is 111 Å². The van der Waals surface area contributed by atoms with Gasteiger partial charge in [-0.2, -0.15) is 0 Å². The molecular formula is C13H20BrFN2. The van der Waals surface area contributed by atoms with Crippen molar-refractivity contribution in [3.05, 3.63) is 34.1 Å². The van der Waals surface area contributed by atoms with Crippen LogP contribution >= 0.6 is 15.9 Å². The maximum atomic E-state index is 13.0. The van der Waals surface area contributed by atoms with Crippen molar-refractivity contribution in [1.82, 2.24) is 10.2 Å². The van der Waals surface area contributed by atoms with Crippen molar-refractivity contribution in [3.8, 4) is 0 Å². The number of hydrogen-bond donors (Lipinski definition) is 1. The van der Waals surface area contributed by atoms with E-state index in [0.29, 0.717) is 0 Å². The van der Waals surface area contributed by atoms with Crippen molar-refractivity contribution in [1.29, 1.82) is 0 Å². The molecule has 0 aliphatic carbocycles. The first kappa shape index (κ1) is 14.6. The molecule has 1 unspecified atom stereocenters. The van der Waals surface area contributed by atoms with Crippen LogP contribution in [0.1, 0.15) is 24.9 Å². The van der Waals surface area contributed by atoms with E-state index in [1.165, 1.54) is 12.1 Å². The first-order valence-corrected chi connectivity index (χ1v) is 6.63. The highest BCUT2D eigenvalue weighted by atomic mass is 79.9. The summed E-state index contributed by atoms with van der Waals surface area (Å²) in [7, 11) is 4.14. The molecule has 0 aromatic heterocycles. The summed E-state index contributed by atoms with van der Waals surface area (Å²) in [6.07, 6.45) is 1.11. The summed E-state index contributed by atoms with van der Waals surface area (Å²) in [5.74, 6) is -0.208. The minimum atomic E-state index is -0.208. The lowest BCUT2D eigenvalue weighted by Crippen LogP contribution is -2.24. The van der Waals surface area contributed by atoms with Gasteiger partial charge in [0.25, 0.3) is 0 Å². The fourth-order valence-electron chi connectivity index (χ4n) is 1.68. The molecule has 1 N–H and O–H groups in total. The minimum Gasteiger partial charge on any atom is -0.310 e. The van der Waals surface area contributed by atoms with E-state index in [0.717, 1.165) is 29.5 Å². The predicted molar refractivity (Wildman–Crippen MR) is 73.7 cm³/mol. The monoisotopic (exact) mass is 302 g/mol. The third kappa shape index (κ3) is 5.15. The van der Waals surface area contributed by atoms with E-state index in [1.54, 1.807) is 0 Å². The molecule has 17 heavy (non-hydrogen) atoms. The van der Waals surface area contributed by atoms with Crippen LogP contribution in [0.3, 0.4) is 0 Å². The van der Waals surface area contributed by atoms with Gasteiger partial charge in [-0.1, -0.05) is 22.0 Å². The summed E-state index contributed by atoms with van der Waals surface area (Å²) in [5.41, 5.74) is 1.09. The molecule has 96 valence electrons. The predicted octanol–water partition coefficient (Wildman–Crippen LogP) is 3.19. The van der Waals surface area contributed by atoms with Gasteiger partial charge >= 0.3 is 0 Å². The number of nitrogens with zero attached hydrogens (tertiary/aromatic N) is 1. The van der Waals surface area contributed by atoms with Crippen molar-refractivity contribution in [2.45, 2.75) is 19.4 Å². The highest BCUT2D eigenvalue weighted by Crippen LogP contribution is 2.23. The normalized spacial score (nSPS) is 13.1. The highest BCUT2D eigenvalue weighted by Gasteiger charge is 2.09. The lowest BCUT2D eigenvalue weighted by molar-refractivity contribution is 0.389. The van der Waals surface area contributed by atoms with E-state index in [4.69, 9.17) is 0 Å². The molecule has 0 heterocycles. The molecule has 0 fully saturated rings. The standard InChI is InChI=1S/C13H20BrFN2/c1-10(16-7-4-8-17(2)3)12-6-5-11(15)9-13(12)14/h5-6,9-10,16H,4,7-8H2,1-3H3. The molecule has 1 atom stereocenters. The molecule has 0 saturated heterocycles. The molecule has 1 aromatic rings. The second kappa shape index (κ2) is 7.09. The Morgan fingerprint density at radius 1 is 1.41 bits per heavy atom. The van der Waals surface area contributed by atoms with Gasteiger partial charge in [0.2, 0.25) is 0 Å². The van der Waals surface area contributed by atoms with Crippen molar-refractivity contribution in [2.75, 3.05) is 27.2 Å². The SMILES string of the molecule is CC(NCCCN(C)C)c1ccc(F)cc1Br. The molecule has 0 spiro atoms. The third-order valence-corrected chi connectivity index (χ3v) is 3.35. The van der Waals surface area contributed by atoms with Crippen molar-refractivity contribution in [2.24, 2.45) is 0 Å². The van der Waals surface area contributed by atoms with Crippen molar-refractivity contribution in [3.63, 3.8) is 0 Å². The van der Waals surface area contributed by atoms with Gasteiger partial charge in [-0.05, 0) is 58.2 Å². The van der Waals surface area contributed by atoms with Crippen LogP contribution in [0.25, 0.3) is 0 Å². The molecular weight excluding hydrogens is 283 g/mol. The summed E-state index contributed by atoms with van der Waals surface area (Å²) in [6, 6.07) is 5.06. The molecule has 0 radical (unpaired) electrons. The van der Waals surface area contributed by atoms with Gasteiger partial charge in [0.15, 0.2) is 0 Å². The van der Waals surface area contributed by atoms with Crippen LogP contribution in [-0.2, 0) is 0 Å². The summed E-state index contributed by atoms with van der Waals surface area (Å²) < 4.78 is 13.8. The second-order valence-corrected chi connectivity index (χ2v) is 5.35. The van der Waals surface area contributed by atoms with Crippen LogP contribution in [-0.4, -0.2) is 32.1 Å². The molecule has 0 saturated carbocycles. The fraction of sp³-hybridized carbons (Fsp3) is 0.538. The number of halogens is 2. The number of nitrogens with one attached hydrogen (secondary N) is 1. The molecule has 0 aliphatic rings. The van der Waals surface area contributed by atoms with Crippen LogP contribution in [0.5, 0.6) is 0 Å². The third-order valence-electron chi connectivity index (χ3n) is 2.66. The van der Waals surface area contributed by atoms with Crippen molar-refractivity contribution >= 4 is 15.9 Å². The van der Waals surface area contributed by atoms with Crippen LogP contribution in [0.4, 0.5) is 4.39 Å². The summed E-state index contributed by atoms with van der Waals surface area (Å²) in [4.78, 5) is 2.17. The van der Waals surface area contributed by atoms with Gasteiger partial charge in [-0.3, -0.25) is 0 Å². The Bertz CT molecular complexity index is 355. The number of hydrogen-bond acceptors (Lipinski definition) is 2. The van der Waals surface area contributed by atoms with E-state index >= 15 is 0 Å². The minimum absolute atomic E-state index is 0.208. The second-order valence-electron chi connectivity index (χ2n) is 4.50. The van der Waals surface area contributed by atoms with E-state index in [2.05, 4.69) is 47.2 Å². The van der Waals surface area contributed by atoms with E-state index in [-0.39, 0.29) is 11.9 Å². The molecule has 0 aliphatic heterocycles. The smallest absolute Gasteiger partial charge is 0.124 e. The first-order valence-electron chi connectivity index (χ1n) is 5.83. The van der Waals surface area contributed by atoms with Gasteiger partial charge in [0.05, 0.1) is 0 Å². The zero-order chi connectivity index (χ0) is 12.8. The van der Waals surface area contributed by atoms with E-state index in [1.807, 2.05) is 6.07 Å². The van der Waals surface area contributed by atoms with E-state index in [9.17, 15) is 4.39 Å². The Morgan fingerprint density at radius 2 is 2.12 bits per heavy atom. The molecule has 0 amide bonds. The topological polar surface area (TPSA) is 15.3 Å². The Morgan fingerprint density at radius 3 is 2.71 bits per heavy atom. The van der Waals surface area contributed by atoms with Crippen LogP contribution < -0.4 is 5.32 Å². The van der Waals surface area contributed by atoms with Gasteiger partial charge in [-0.15, -0.1) is 0 Å². The maximum Gasteiger partial charge on any atom is 0.124 e. The highest BCUT2D eigenvalue weighted by molar-refractivity contribution is 9.10. The molecule has 1 aromatic carbocycles. The summed E-state index contributed by atoms with van der Waals surface area (Å²) >= 11 is 3.39. The largest absolute Gasteiger partial charge is 0.310 e. The van der Waals surface area contributed by atoms with Crippen LogP contribution in [0.15, 0.2) is 22.7 Å². The first-order chi connectivity index (χ1) is 8.00. The number of benzene rings is 1. The Balaban J connectivity index is 2.44. The Kier molecular flexibility index (Phi) is 6.09. The Hall–Kier alpha value is -0.450.